The van der Waals surface area contributed by atoms with E-state index in [0.717, 1.165) is 12.8 Å². The third-order valence-electron chi connectivity index (χ3n) is 3.04. The van der Waals surface area contributed by atoms with Gasteiger partial charge in [-0.2, -0.15) is 0 Å². The van der Waals surface area contributed by atoms with Gasteiger partial charge in [-0.3, -0.25) is 0 Å². The van der Waals surface area contributed by atoms with Crippen molar-refractivity contribution in [3.8, 4) is 0 Å². The Balaban J connectivity index is 2.25. The zero-order chi connectivity index (χ0) is 13.8. The molecule has 0 bridgehead atoms. The first kappa shape index (κ1) is 13.6. The van der Waals surface area contributed by atoms with Gasteiger partial charge in [0, 0.05) is 12.6 Å². The first-order valence-electron chi connectivity index (χ1n) is 6.47. The summed E-state index contributed by atoms with van der Waals surface area (Å²) in [5.74, 6) is 0.220. The molecule has 1 fully saturated rings. The Hall–Kier alpha value is -1.82. The summed E-state index contributed by atoms with van der Waals surface area (Å²) in [4.78, 5) is 18.0. The molecule has 1 aromatic heterocycles. The summed E-state index contributed by atoms with van der Waals surface area (Å²) in [6, 6.07) is 2.04. The predicted octanol–water partition coefficient (Wildman–Crippen LogP) is 0.802. The molecule has 0 atom stereocenters. The Morgan fingerprint density at radius 3 is 2.95 bits per heavy atom. The molecule has 1 heterocycles. The zero-order valence-electron chi connectivity index (χ0n) is 11.0. The average Bonchev–Trinajstić information content (AvgIpc) is 3.21. The van der Waals surface area contributed by atoms with E-state index in [-0.39, 0.29) is 6.61 Å². The third kappa shape index (κ3) is 3.14. The molecule has 3 N–H and O–H groups in total. The molecular weight excluding hydrogens is 246 g/mol. The molecule has 6 heteroatoms. The normalized spacial score (nSPS) is 14.2. The summed E-state index contributed by atoms with van der Waals surface area (Å²) >= 11 is 0. The van der Waals surface area contributed by atoms with E-state index in [1.807, 2.05) is 4.90 Å². The van der Waals surface area contributed by atoms with E-state index in [1.54, 1.807) is 13.0 Å². The van der Waals surface area contributed by atoms with E-state index >= 15 is 0 Å². The highest BCUT2D eigenvalue weighted by Crippen LogP contribution is 2.31. The first-order chi connectivity index (χ1) is 9.17. The molecule has 2 rings (SSSR count). The smallest absolute Gasteiger partial charge is 0.340 e. The maximum Gasteiger partial charge on any atom is 0.340 e. The molecular formula is C13H19N3O3. The number of nitrogens with two attached hydrogens (primary N) is 1. The van der Waals surface area contributed by atoms with Crippen LogP contribution in [0.5, 0.6) is 0 Å². The lowest BCUT2D eigenvalue weighted by molar-refractivity contribution is 0.0527. The Bertz CT molecular complexity index is 460. The molecule has 0 amide bonds. The van der Waals surface area contributed by atoms with Crippen LogP contribution in [-0.2, 0) is 4.74 Å². The number of hydrogen-bond acceptors (Lipinski definition) is 6. The monoisotopic (exact) mass is 265 g/mol. The number of aliphatic hydroxyl groups excluding tert-OH is 1. The number of pyridine rings is 1. The van der Waals surface area contributed by atoms with Crippen molar-refractivity contribution in [2.75, 3.05) is 30.4 Å². The van der Waals surface area contributed by atoms with Gasteiger partial charge >= 0.3 is 5.97 Å². The van der Waals surface area contributed by atoms with Crippen molar-refractivity contribution in [2.45, 2.75) is 25.8 Å². The van der Waals surface area contributed by atoms with Crippen molar-refractivity contribution >= 4 is 17.5 Å². The second-order valence-electron chi connectivity index (χ2n) is 4.50. The number of aliphatic hydroxyl groups is 1. The van der Waals surface area contributed by atoms with Crippen LogP contribution >= 0.6 is 0 Å². The molecule has 0 saturated heterocycles. The van der Waals surface area contributed by atoms with Crippen molar-refractivity contribution in [1.82, 2.24) is 4.98 Å². The van der Waals surface area contributed by atoms with Gasteiger partial charge < -0.3 is 20.5 Å². The molecule has 104 valence electrons. The van der Waals surface area contributed by atoms with E-state index in [9.17, 15) is 4.79 Å². The summed E-state index contributed by atoms with van der Waals surface area (Å²) in [5, 5.41) is 9.11. The molecule has 0 aliphatic heterocycles. The summed E-state index contributed by atoms with van der Waals surface area (Å²) < 4.78 is 4.96. The van der Waals surface area contributed by atoms with E-state index in [1.165, 1.54) is 6.20 Å². The van der Waals surface area contributed by atoms with Crippen LogP contribution in [-0.4, -0.2) is 41.9 Å². The highest BCUT2D eigenvalue weighted by molar-refractivity contribution is 5.95. The SMILES string of the molecule is CCOC(=O)c1cc(N(CCO)C2CC2)ncc1N. The second kappa shape index (κ2) is 5.88. The van der Waals surface area contributed by atoms with Crippen molar-refractivity contribution in [2.24, 2.45) is 0 Å². The van der Waals surface area contributed by atoms with Crippen molar-refractivity contribution in [3.63, 3.8) is 0 Å². The minimum Gasteiger partial charge on any atom is -0.462 e. The van der Waals surface area contributed by atoms with Gasteiger partial charge in [0.1, 0.15) is 5.82 Å². The maximum atomic E-state index is 11.8. The van der Waals surface area contributed by atoms with Crippen LogP contribution in [0, 0.1) is 0 Å². The van der Waals surface area contributed by atoms with Gasteiger partial charge in [-0.25, -0.2) is 9.78 Å². The Kier molecular flexibility index (Phi) is 4.21. The van der Waals surface area contributed by atoms with Gasteiger partial charge in [0.05, 0.1) is 30.7 Å². The van der Waals surface area contributed by atoms with Gasteiger partial charge in [-0.15, -0.1) is 0 Å². The Morgan fingerprint density at radius 2 is 2.37 bits per heavy atom. The molecule has 0 radical (unpaired) electrons. The fourth-order valence-corrected chi connectivity index (χ4v) is 1.98. The van der Waals surface area contributed by atoms with Gasteiger partial charge in [-0.05, 0) is 25.8 Å². The van der Waals surface area contributed by atoms with Crippen LogP contribution in [0.2, 0.25) is 0 Å². The number of carbonyl (C=O) groups excluding carboxylic acids is 1. The van der Waals surface area contributed by atoms with E-state index < -0.39 is 5.97 Å². The largest absolute Gasteiger partial charge is 0.462 e. The summed E-state index contributed by atoms with van der Waals surface area (Å²) in [5.41, 5.74) is 6.39. The number of nitrogen functional groups attached to an aromatic ring is 1. The number of aromatic nitrogens is 1. The van der Waals surface area contributed by atoms with E-state index in [4.69, 9.17) is 15.6 Å². The summed E-state index contributed by atoms with van der Waals surface area (Å²) in [7, 11) is 0. The standard InChI is InChI=1S/C13H19N3O3/c1-2-19-13(18)10-7-12(15-8-11(10)14)16(5-6-17)9-3-4-9/h7-9,17H,2-6,14H2,1H3. The van der Waals surface area contributed by atoms with E-state index in [0.29, 0.717) is 36.3 Å². The van der Waals surface area contributed by atoms with Crippen LogP contribution in [0.15, 0.2) is 12.3 Å². The Labute approximate surface area is 112 Å². The molecule has 1 aromatic rings. The molecule has 0 unspecified atom stereocenters. The average molecular weight is 265 g/mol. The third-order valence-corrected chi connectivity index (χ3v) is 3.04. The molecule has 19 heavy (non-hydrogen) atoms. The summed E-state index contributed by atoms with van der Waals surface area (Å²) in [6.07, 6.45) is 3.63. The number of hydrogen-bond donors (Lipinski definition) is 2. The zero-order valence-corrected chi connectivity index (χ0v) is 11.0. The molecule has 0 spiro atoms. The number of anilines is 2. The lowest BCUT2D eigenvalue weighted by atomic mass is 10.2. The van der Waals surface area contributed by atoms with Crippen LogP contribution < -0.4 is 10.6 Å². The second-order valence-corrected chi connectivity index (χ2v) is 4.50. The quantitative estimate of drug-likeness (QED) is 0.740. The van der Waals surface area contributed by atoms with Crippen LogP contribution in [0.25, 0.3) is 0 Å². The van der Waals surface area contributed by atoms with Crippen LogP contribution in [0.4, 0.5) is 11.5 Å². The fraction of sp³-hybridized carbons (Fsp3) is 0.538. The molecule has 1 aliphatic rings. The highest BCUT2D eigenvalue weighted by Gasteiger charge is 2.30. The van der Waals surface area contributed by atoms with Crippen LogP contribution in [0.3, 0.4) is 0 Å². The van der Waals surface area contributed by atoms with Crippen molar-refractivity contribution in [3.05, 3.63) is 17.8 Å². The lowest BCUT2D eigenvalue weighted by Crippen LogP contribution is -2.30. The number of carbonyl (C=O) groups is 1. The fourth-order valence-electron chi connectivity index (χ4n) is 1.98. The minimum absolute atomic E-state index is 0.0529. The highest BCUT2D eigenvalue weighted by atomic mass is 16.5. The molecule has 6 nitrogen and oxygen atoms in total. The summed E-state index contributed by atoms with van der Waals surface area (Å²) in [6.45, 7) is 2.61. The molecule has 1 aliphatic carbocycles. The van der Waals surface area contributed by atoms with Gasteiger partial charge in [0.15, 0.2) is 0 Å². The van der Waals surface area contributed by atoms with Crippen LogP contribution in [0.1, 0.15) is 30.1 Å². The van der Waals surface area contributed by atoms with Crippen molar-refractivity contribution in [1.29, 1.82) is 0 Å². The topological polar surface area (TPSA) is 88.7 Å². The van der Waals surface area contributed by atoms with Gasteiger partial charge in [0.2, 0.25) is 0 Å². The minimum atomic E-state index is -0.441. The maximum absolute atomic E-state index is 11.8. The lowest BCUT2D eigenvalue weighted by Gasteiger charge is -2.23. The Morgan fingerprint density at radius 1 is 1.63 bits per heavy atom. The predicted molar refractivity (Wildman–Crippen MR) is 72.1 cm³/mol. The molecule has 0 aromatic carbocycles. The van der Waals surface area contributed by atoms with Crippen molar-refractivity contribution < 1.29 is 14.6 Å². The number of esters is 1. The van der Waals surface area contributed by atoms with E-state index in [2.05, 4.69) is 4.98 Å². The number of rotatable bonds is 6. The first-order valence-corrected chi connectivity index (χ1v) is 6.47. The van der Waals surface area contributed by atoms with Gasteiger partial charge in [-0.1, -0.05) is 0 Å². The number of nitrogens with zero attached hydrogens (tertiary/aromatic N) is 2. The van der Waals surface area contributed by atoms with Gasteiger partial charge in [0.25, 0.3) is 0 Å². The molecule has 1 saturated carbocycles. The number of ether oxygens (including phenoxy) is 1.